The number of amides is 1. The van der Waals surface area contributed by atoms with E-state index in [2.05, 4.69) is 6.92 Å². The Morgan fingerprint density at radius 2 is 1.87 bits per heavy atom. The summed E-state index contributed by atoms with van der Waals surface area (Å²) in [5, 5.41) is 0.711. The van der Waals surface area contributed by atoms with E-state index in [4.69, 9.17) is 14.5 Å². The van der Waals surface area contributed by atoms with Crippen molar-refractivity contribution in [1.29, 1.82) is 0 Å². The van der Waals surface area contributed by atoms with Crippen LogP contribution in [-0.4, -0.2) is 35.7 Å². The van der Waals surface area contributed by atoms with Gasteiger partial charge in [-0.1, -0.05) is 30.7 Å². The van der Waals surface area contributed by atoms with Crippen LogP contribution < -0.4 is 9.47 Å². The van der Waals surface area contributed by atoms with Crippen molar-refractivity contribution in [2.24, 2.45) is 4.99 Å². The zero-order chi connectivity index (χ0) is 21.7. The number of hydrogen-bond acceptors (Lipinski definition) is 5. The number of nitrogens with zero attached hydrogens (tertiary/aromatic N) is 2. The Labute approximate surface area is 182 Å². The maximum atomic E-state index is 13.2. The standard InChI is InChI=1S/C24H28N2O3S/c1-6-17(4)26-23(27)22(30-24(26)25-19-11-8-16(3)9-12-19)15-18-10-13-20(29-7-2)21(14-18)28-5/h8-15,17H,6-7H2,1-5H3/b22-15+,25-24?/t17-/m0/s1. The molecule has 2 aromatic rings. The molecule has 0 aromatic heterocycles. The highest BCUT2D eigenvalue weighted by molar-refractivity contribution is 8.18. The van der Waals surface area contributed by atoms with Gasteiger partial charge in [-0.2, -0.15) is 0 Å². The summed E-state index contributed by atoms with van der Waals surface area (Å²) >= 11 is 1.41. The Kier molecular flexibility index (Phi) is 7.21. The fourth-order valence-corrected chi connectivity index (χ4v) is 4.16. The lowest BCUT2D eigenvalue weighted by Gasteiger charge is -2.22. The molecule has 5 nitrogen and oxygen atoms in total. The van der Waals surface area contributed by atoms with Crippen LogP contribution in [0.3, 0.4) is 0 Å². The molecule has 1 amide bonds. The van der Waals surface area contributed by atoms with E-state index in [0.717, 1.165) is 17.7 Å². The molecule has 3 rings (SSSR count). The molecule has 0 N–H and O–H groups in total. The fraction of sp³-hybridized carbons (Fsp3) is 0.333. The van der Waals surface area contributed by atoms with Gasteiger partial charge in [0.25, 0.3) is 5.91 Å². The number of aliphatic imine (C=N–C) groups is 1. The monoisotopic (exact) mass is 424 g/mol. The van der Waals surface area contributed by atoms with Crippen molar-refractivity contribution in [2.45, 2.75) is 40.2 Å². The molecule has 2 aromatic carbocycles. The van der Waals surface area contributed by atoms with Crippen molar-refractivity contribution in [3.05, 3.63) is 58.5 Å². The van der Waals surface area contributed by atoms with Gasteiger partial charge in [-0.3, -0.25) is 9.69 Å². The molecular formula is C24H28N2O3S. The summed E-state index contributed by atoms with van der Waals surface area (Å²) in [6.07, 6.45) is 2.74. The Bertz CT molecular complexity index is 967. The van der Waals surface area contributed by atoms with Gasteiger partial charge in [-0.15, -0.1) is 0 Å². The van der Waals surface area contributed by atoms with E-state index < -0.39 is 0 Å². The van der Waals surface area contributed by atoms with Crippen LogP contribution in [0, 0.1) is 6.92 Å². The summed E-state index contributed by atoms with van der Waals surface area (Å²) in [5.41, 5.74) is 2.90. The number of rotatable bonds is 7. The number of amidine groups is 1. The van der Waals surface area contributed by atoms with Gasteiger partial charge in [0.05, 0.1) is 24.3 Å². The van der Waals surface area contributed by atoms with Crippen LogP contribution in [0.4, 0.5) is 5.69 Å². The van der Waals surface area contributed by atoms with Crippen molar-refractivity contribution in [1.82, 2.24) is 4.90 Å². The molecule has 1 heterocycles. The zero-order valence-corrected chi connectivity index (χ0v) is 19.0. The lowest BCUT2D eigenvalue weighted by molar-refractivity contribution is -0.123. The third-order valence-electron chi connectivity index (χ3n) is 4.91. The minimum absolute atomic E-state index is 0.0203. The number of aryl methyl sites for hydroxylation is 1. The first kappa shape index (κ1) is 22.0. The molecule has 0 spiro atoms. The highest BCUT2D eigenvalue weighted by atomic mass is 32.2. The molecule has 1 aliphatic heterocycles. The number of ether oxygens (including phenoxy) is 2. The molecule has 158 valence electrons. The number of carbonyl (C=O) groups excluding carboxylic acids is 1. The molecule has 30 heavy (non-hydrogen) atoms. The van der Waals surface area contributed by atoms with Crippen LogP contribution in [0.1, 0.15) is 38.3 Å². The molecule has 6 heteroatoms. The topological polar surface area (TPSA) is 51.1 Å². The summed E-state index contributed by atoms with van der Waals surface area (Å²) in [4.78, 5) is 20.4. The summed E-state index contributed by atoms with van der Waals surface area (Å²) < 4.78 is 11.0. The highest BCUT2D eigenvalue weighted by Crippen LogP contribution is 2.37. The SMILES string of the molecule is CCOc1ccc(/C=C2/SC(=Nc3ccc(C)cc3)N([C@@H](C)CC)C2=O)cc1OC. The van der Waals surface area contributed by atoms with Crippen LogP contribution in [0.25, 0.3) is 6.08 Å². The van der Waals surface area contributed by atoms with Crippen LogP contribution in [0.2, 0.25) is 0 Å². The Morgan fingerprint density at radius 3 is 2.50 bits per heavy atom. The molecule has 1 aliphatic rings. The van der Waals surface area contributed by atoms with Gasteiger partial charge in [0.2, 0.25) is 0 Å². The van der Waals surface area contributed by atoms with Gasteiger partial charge < -0.3 is 9.47 Å². The summed E-state index contributed by atoms with van der Waals surface area (Å²) in [6.45, 7) is 8.66. The maximum Gasteiger partial charge on any atom is 0.266 e. The number of carbonyl (C=O) groups is 1. The predicted molar refractivity (Wildman–Crippen MR) is 125 cm³/mol. The van der Waals surface area contributed by atoms with Crippen molar-refractivity contribution in [3.63, 3.8) is 0 Å². The van der Waals surface area contributed by atoms with Crippen molar-refractivity contribution in [2.75, 3.05) is 13.7 Å². The largest absolute Gasteiger partial charge is 0.493 e. The fourth-order valence-electron chi connectivity index (χ4n) is 3.07. The Morgan fingerprint density at radius 1 is 1.13 bits per heavy atom. The third kappa shape index (κ3) is 4.87. The van der Waals surface area contributed by atoms with E-state index >= 15 is 0 Å². The number of benzene rings is 2. The van der Waals surface area contributed by atoms with E-state index in [9.17, 15) is 4.79 Å². The molecule has 0 unspecified atom stereocenters. The Hall–Kier alpha value is -2.73. The second-order valence-electron chi connectivity index (χ2n) is 7.12. The normalized spacial score (nSPS) is 17.6. The quantitative estimate of drug-likeness (QED) is 0.527. The van der Waals surface area contributed by atoms with Gasteiger partial charge in [0.1, 0.15) is 0 Å². The minimum Gasteiger partial charge on any atom is -0.493 e. The van der Waals surface area contributed by atoms with Crippen molar-refractivity contribution in [3.8, 4) is 11.5 Å². The van der Waals surface area contributed by atoms with Crippen LogP contribution in [-0.2, 0) is 4.79 Å². The van der Waals surface area contributed by atoms with Crippen molar-refractivity contribution >= 4 is 34.6 Å². The van der Waals surface area contributed by atoms with Crippen molar-refractivity contribution < 1.29 is 14.3 Å². The molecule has 0 radical (unpaired) electrons. The minimum atomic E-state index is -0.0203. The molecule has 1 atom stereocenters. The molecule has 1 saturated heterocycles. The first-order valence-corrected chi connectivity index (χ1v) is 11.0. The average molecular weight is 425 g/mol. The predicted octanol–water partition coefficient (Wildman–Crippen LogP) is 5.80. The van der Waals surface area contributed by atoms with E-state index in [1.807, 2.05) is 69.3 Å². The third-order valence-corrected chi connectivity index (χ3v) is 5.90. The molecule has 0 saturated carbocycles. The zero-order valence-electron chi connectivity index (χ0n) is 18.1. The maximum absolute atomic E-state index is 13.2. The Balaban J connectivity index is 1.96. The lowest BCUT2D eigenvalue weighted by atomic mass is 10.1. The van der Waals surface area contributed by atoms with Gasteiger partial charge >= 0.3 is 0 Å². The number of thioether (sulfide) groups is 1. The number of methoxy groups -OCH3 is 1. The smallest absolute Gasteiger partial charge is 0.266 e. The summed E-state index contributed by atoms with van der Waals surface area (Å²) in [5.74, 6) is 1.32. The molecule has 0 bridgehead atoms. The van der Waals surface area contributed by atoms with Gasteiger partial charge in [-0.05, 0) is 74.9 Å². The van der Waals surface area contributed by atoms with E-state index in [1.54, 1.807) is 12.0 Å². The lowest BCUT2D eigenvalue weighted by Crippen LogP contribution is -2.36. The van der Waals surface area contributed by atoms with Gasteiger partial charge in [-0.25, -0.2) is 4.99 Å². The van der Waals surface area contributed by atoms with Gasteiger partial charge in [0.15, 0.2) is 16.7 Å². The second-order valence-corrected chi connectivity index (χ2v) is 8.13. The first-order chi connectivity index (χ1) is 14.5. The van der Waals surface area contributed by atoms with Crippen LogP contribution >= 0.6 is 11.8 Å². The summed E-state index contributed by atoms with van der Waals surface area (Å²) in [7, 11) is 1.61. The van der Waals surface area contributed by atoms with Gasteiger partial charge in [0, 0.05) is 6.04 Å². The van der Waals surface area contributed by atoms with E-state index in [0.29, 0.717) is 28.2 Å². The molecule has 1 fully saturated rings. The average Bonchev–Trinajstić information content (AvgIpc) is 3.05. The number of hydrogen-bond donors (Lipinski definition) is 0. The van der Waals surface area contributed by atoms with Crippen LogP contribution in [0.15, 0.2) is 52.4 Å². The van der Waals surface area contributed by atoms with E-state index in [-0.39, 0.29) is 11.9 Å². The highest BCUT2D eigenvalue weighted by Gasteiger charge is 2.36. The second kappa shape index (κ2) is 9.85. The van der Waals surface area contributed by atoms with E-state index in [1.165, 1.54) is 17.3 Å². The molecule has 0 aliphatic carbocycles. The van der Waals surface area contributed by atoms with Crippen LogP contribution in [0.5, 0.6) is 11.5 Å². The summed E-state index contributed by atoms with van der Waals surface area (Å²) in [6, 6.07) is 13.7. The first-order valence-electron chi connectivity index (χ1n) is 10.2. The molecular weight excluding hydrogens is 396 g/mol.